The Balaban J connectivity index is 1.41. The van der Waals surface area contributed by atoms with Crippen molar-refractivity contribution in [3.63, 3.8) is 0 Å². The highest BCUT2D eigenvalue weighted by Crippen LogP contribution is 2.61. The molecule has 1 fully saturated rings. The van der Waals surface area contributed by atoms with Gasteiger partial charge in [0.25, 0.3) is 0 Å². The van der Waals surface area contributed by atoms with Crippen molar-refractivity contribution in [2.45, 2.75) is 44.1 Å². The predicted octanol–water partition coefficient (Wildman–Crippen LogP) is 5.73. The van der Waals surface area contributed by atoms with Crippen LogP contribution in [0.25, 0.3) is 0 Å². The highest BCUT2D eigenvalue weighted by Gasteiger charge is 2.62. The normalized spacial score (nSPS) is 24.2. The van der Waals surface area contributed by atoms with Crippen molar-refractivity contribution in [3.8, 4) is 0 Å². The molecule has 0 aromatic heterocycles. The number of likely N-dealkylation sites (tertiary alicyclic amines) is 1. The molecule has 0 saturated carbocycles. The summed E-state index contributed by atoms with van der Waals surface area (Å²) in [6.45, 7) is 2.03. The van der Waals surface area contributed by atoms with Crippen molar-refractivity contribution in [2.75, 3.05) is 5.32 Å². The molecule has 5 nitrogen and oxygen atoms in total. The molecule has 182 valence electrons. The van der Waals surface area contributed by atoms with E-state index in [0.29, 0.717) is 17.1 Å². The molecule has 2 bridgehead atoms. The van der Waals surface area contributed by atoms with E-state index in [1.165, 1.54) is 4.90 Å². The van der Waals surface area contributed by atoms with Gasteiger partial charge in [-0.05, 0) is 40.8 Å². The molecule has 3 atom stereocenters. The summed E-state index contributed by atoms with van der Waals surface area (Å²) in [5.74, 6) is -2.22. The molecule has 3 aromatic carbocycles. The molecule has 0 radical (unpaired) electrons. The average Bonchev–Trinajstić information content (AvgIpc) is 3.16. The van der Waals surface area contributed by atoms with Gasteiger partial charge in [0.05, 0.1) is 22.5 Å². The van der Waals surface area contributed by atoms with Crippen LogP contribution in [0, 0.1) is 11.8 Å². The molecule has 6 heteroatoms. The fraction of sp³-hybridized carbons (Fsp3) is 0.300. The second-order valence-electron chi connectivity index (χ2n) is 9.94. The van der Waals surface area contributed by atoms with Crippen LogP contribution < -0.4 is 5.32 Å². The number of unbranched alkanes of at least 4 members (excludes halogenated alkanes) is 1. The van der Waals surface area contributed by atoms with Gasteiger partial charge in [0.15, 0.2) is 0 Å². The van der Waals surface area contributed by atoms with Crippen molar-refractivity contribution >= 4 is 35.0 Å². The highest BCUT2D eigenvalue weighted by molar-refractivity contribution is 6.33. The summed E-state index contributed by atoms with van der Waals surface area (Å²) >= 11 is 6.28. The monoisotopic (exact) mass is 498 g/mol. The third kappa shape index (κ3) is 3.33. The summed E-state index contributed by atoms with van der Waals surface area (Å²) in [5, 5.41) is 3.29. The second-order valence-corrected chi connectivity index (χ2v) is 10.3. The number of carbonyl (C=O) groups excluding carboxylic acids is 3. The van der Waals surface area contributed by atoms with Crippen LogP contribution in [0.5, 0.6) is 0 Å². The molecule has 1 N–H and O–H groups in total. The molecule has 4 aliphatic rings. The Labute approximate surface area is 215 Å². The van der Waals surface area contributed by atoms with Crippen LogP contribution in [0.15, 0.2) is 72.8 Å². The van der Waals surface area contributed by atoms with E-state index in [1.807, 2.05) is 31.2 Å². The number of amides is 3. The lowest BCUT2D eigenvalue weighted by atomic mass is 9.55. The summed E-state index contributed by atoms with van der Waals surface area (Å²) in [6, 6.07) is 22.4. The van der Waals surface area contributed by atoms with Crippen molar-refractivity contribution < 1.29 is 14.4 Å². The summed E-state index contributed by atoms with van der Waals surface area (Å²) in [5.41, 5.74) is 4.96. The first-order valence-electron chi connectivity index (χ1n) is 12.6. The molecule has 1 saturated heterocycles. The van der Waals surface area contributed by atoms with Crippen LogP contribution in [0.1, 0.15) is 60.3 Å². The van der Waals surface area contributed by atoms with Crippen molar-refractivity contribution in [2.24, 2.45) is 11.8 Å². The summed E-state index contributed by atoms with van der Waals surface area (Å²) < 4.78 is 0. The molecule has 3 aliphatic carbocycles. The van der Waals surface area contributed by atoms with Crippen LogP contribution >= 0.6 is 11.6 Å². The molecule has 0 unspecified atom stereocenters. The molecule has 1 aliphatic heterocycles. The topological polar surface area (TPSA) is 66.5 Å². The number of hydrogen-bond acceptors (Lipinski definition) is 3. The smallest absolute Gasteiger partial charge is 0.247 e. The van der Waals surface area contributed by atoms with E-state index in [9.17, 15) is 14.4 Å². The number of hydrogen-bond donors (Lipinski definition) is 1. The maximum Gasteiger partial charge on any atom is 0.247 e. The number of benzene rings is 3. The van der Waals surface area contributed by atoms with Crippen molar-refractivity contribution in [1.82, 2.24) is 4.90 Å². The number of rotatable bonds is 6. The van der Waals surface area contributed by atoms with Gasteiger partial charge in [0, 0.05) is 11.8 Å². The van der Waals surface area contributed by atoms with E-state index in [0.717, 1.165) is 35.1 Å². The molecule has 36 heavy (non-hydrogen) atoms. The van der Waals surface area contributed by atoms with E-state index < -0.39 is 17.9 Å². The minimum absolute atomic E-state index is 0.188. The Hall–Kier alpha value is -3.44. The van der Waals surface area contributed by atoms with Gasteiger partial charge in [-0.3, -0.25) is 19.3 Å². The van der Waals surface area contributed by atoms with Crippen molar-refractivity contribution in [1.29, 1.82) is 0 Å². The van der Waals surface area contributed by atoms with Crippen LogP contribution in [-0.4, -0.2) is 28.7 Å². The maximum absolute atomic E-state index is 14.1. The van der Waals surface area contributed by atoms with Gasteiger partial charge in [0.1, 0.15) is 6.04 Å². The van der Waals surface area contributed by atoms with E-state index in [1.54, 1.807) is 24.3 Å². The minimum Gasteiger partial charge on any atom is -0.323 e. The fourth-order valence-corrected chi connectivity index (χ4v) is 6.74. The van der Waals surface area contributed by atoms with Gasteiger partial charge in [-0.15, -0.1) is 0 Å². The second kappa shape index (κ2) is 8.90. The van der Waals surface area contributed by atoms with Crippen LogP contribution in [-0.2, 0) is 14.4 Å². The SMILES string of the molecule is CCCC[C@H](C(=O)Nc1ccccc1Cl)N1C(=O)[C@@H]2C3c4ccccc4C(c4ccccc43)[C@@H]2C1=O. The van der Waals surface area contributed by atoms with Gasteiger partial charge < -0.3 is 5.32 Å². The Morgan fingerprint density at radius 3 is 1.78 bits per heavy atom. The number of imide groups is 1. The average molecular weight is 499 g/mol. The Morgan fingerprint density at radius 2 is 1.31 bits per heavy atom. The largest absolute Gasteiger partial charge is 0.323 e. The predicted molar refractivity (Wildman–Crippen MR) is 139 cm³/mol. The quantitative estimate of drug-likeness (QED) is 0.441. The molecule has 3 aromatic rings. The van der Waals surface area contributed by atoms with E-state index in [-0.39, 0.29) is 29.6 Å². The number of para-hydroxylation sites is 1. The third-order valence-corrected chi connectivity index (χ3v) is 8.39. The first-order chi connectivity index (χ1) is 17.5. The summed E-state index contributed by atoms with van der Waals surface area (Å²) in [7, 11) is 0. The summed E-state index contributed by atoms with van der Waals surface area (Å²) in [6.07, 6.45) is 1.99. The standard InChI is InChI=1S/C30H27ClN2O3/c1-2-3-16-23(28(34)32-22-15-9-8-14-21(22)31)33-29(35)26-24-17-10-4-5-11-18(17)25(27(26)30(33)36)20-13-7-6-12-19(20)24/h4-15,23-27H,2-3,16H2,1H3,(H,32,34)/t23-,24?,25?,26-,27+/m1/s1. The van der Waals surface area contributed by atoms with Crippen LogP contribution in [0.3, 0.4) is 0 Å². The van der Waals surface area contributed by atoms with Gasteiger partial charge >= 0.3 is 0 Å². The van der Waals surface area contributed by atoms with E-state index in [2.05, 4.69) is 29.6 Å². The van der Waals surface area contributed by atoms with Gasteiger partial charge in [-0.25, -0.2) is 0 Å². The third-order valence-electron chi connectivity index (χ3n) is 8.06. The number of carbonyl (C=O) groups is 3. The lowest BCUT2D eigenvalue weighted by molar-refractivity contribution is -0.147. The van der Waals surface area contributed by atoms with E-state index >= 15 is 0 Å². The molecule has 0 spiro atoms. The molecule has 3 amide bonds. The lowest BCUT2D eigenvalue weighted by Gasteiger charge is -2.45. The molecular formula is C30H27ClN2O3. The number of anilines is 1. The lowest BCUT2D eigenvalue weighted by Crippen LogP contribution is -2.48. The minimum atomic E-state index is -0.877. The molecule has 7 rings (SSSR count). The van der Waals surface area contributed by atoms with Gasteiger partial charge in [-0.2, -0.15) is 0 Å². The first-order valence-corrected chi connectivity index (χ1v) is 13.0. The first kappa shape index (κ1) is 23.0. The van der Waals surface area contributed by atoms with E-state index in [4.69, 9.17) is 11.6 Å². The highest BCUT2D eigenvalue weighted by atomic mass is 35.5. The van der Waals surface area contributed by atoms with Crippen LogP contribution in [0.2, 0.25) is 5.02 Å². The number of halogens is 1. The number of nitrogens with zero attached hydrogens (tertiary/aromatic N) is 1. The zero-order valence-electron chi connectivity index (χ0n) is 20.0. The van der Waals surface area contributed by atoms with Crippen molar-refractivity contribution in [3.05, 3.63) is 100 Å². The maximum atomic E-state index is 14.1. The van der Waals surface area contributed by atoms with Gasteiger partial charge in [-0.1, -0.05) is 92.0 Å². The molecular weight excluding hydrogens is 472 g/mol. The zero-order chi connectivity index (χ0) is 25.0. The summed E-state index contributed by atoms with van der Waals surface area (Å²) in [4.78, 5) is 43.0. The number of nitrogens with one attached hydrogen (secondary N) is 1. The fourth-order valence-electron chi connectivity index (χ4n) is 6.56. The Bertz CT molecular complexity index is 1270. The van der Waals surface area contributed by atoms with Gasteiger partial charge in [0.2, 0.25) is 17.7 Å². The Kier molecular flexibility index (Phi) is 5.68. The zero-order valence-corrected chi connectivity index (χ0v) is 20.7. The Morgan fingerprint density at radius 1 is 0.833 bits per heavy atom. The van der Waals surface area contributed by atoms with Crippen LogP contribution in [0.4, 0.5) is 5.69 Å². The molecule has 1 heterocycles.